The normalized spacial score (nSPS) is 10.8. The molecule has 2 N–H and O–H groups in total. The van der Waals surface area contributed by atoms with Crippen LogP contribution in [0.4, 0.5) is 0 Å². The van der Waals surface area contributed by atoms with E-state index in [2.05, 4.69) is 0 Å². The standard InChI is InChI=1S/C14H17N2O2/c17-15(12-13-6-2-1-3-7-13)11-9-14-8-4-5-10-16(14)18/h1-8,10,17-18H,9,11-12H2/q+1. The first-order valence-corrected chi connectivity index (χ1v) is 5.92. The van der Waals surface area contributed by atoms with E-state index < -0.39 is 0 Å². The molecular formula is C14H17N2O2+. The topological polar surface area (TPSA) is 47.6 Å². The van der Waals surface area contributed by atoms with Gasteiger partial charge in [-0.3, -0.25) is 5.21 Å². The number of hydrogen-bond donors (Lipinski definition) is 2. The van der Waals surface area contributed by atoms with E-state index in [0.29, 0.717) is 19.5 Å². The molecule has 0 unspecified atom stereocenters. The predicted octanol–water partition coefficient (Wildman–Crippen LogP) is 1.65. The Hall–Kier alpha value is -1.91. The fourth-order valence-corrected chi connectivity index (χ4v) is 1.78. The number of hydrogen-bond acceptors (Lipinski definition) is 3. The molecule has 0 saturated heterocycles. The molecule has 18 heavy (non-hydrogen) atoms. The lowest BCUT2D eigenvalue weighted by atomic mass is 10.2. The molecular weight excluding hydrogens is 228 g/mol. The number of benzene rings is 1. The number of pyridine rings is 1. The van der Waals surface area contributed by atoms with Gasteiger partial charge in [0.25, 0.3) is 0 Å². The highest BCUT2D eigenvalue weighted by molar-refractivity contribution is 5.14. The number of nitrogens with zero attached hydrogens (tertiary/aromatic N) is 2. The molecule has 2 rings (SSSR count). The minimum Gasteiger partial charge on any atom is -0.314 e. The molecule has 0 fully saturated rings. The Bertz CT molecular complexity index is 488. The smallest absolute Gasteiger partial charge is 0.235 e. The maximum atomic E-state index is 9.80. The van der Waals surface area contributed by atoms with Crippen molar-refractivity contribution in [3.63, 3.8) is 0 Å². The molecule has 0 aliphatic rings. The van der Waals surface area contributed by atoms with Gasteiger partial charge in [0, 0.05) is 30.0 Å². The van der Waals surface area contributed by atoms with Gasteiger partial charge in [0.05, 0.1) is 6.42 Å². The molecule has 0 radical (unpaired) electrons. The van der Waals surface area contributed by atoms with Gasteiger partial charge in [0.2, 0.25) is 11.9 Å². The summed E-state index contributed by atoms with van der Waals surface area (Å²) >= 11 is 0. The zero-order chi connectivity index (χ0) is 12.8. The maximum absolute atomic E-state index is 9.80. The molecule has 4 heteroatoms. The van der Waals surface area contributed by atoms with E-state index in [9.17, 15) is 10.4 Å². The van der Waals surface area contributed by atoms with Crippen LogP contribution in [0.25, 0.3) is 0 Å². The van der Waals surface area contributed by atoms with E-state index in [4.69, 9.17) is 0 Å². The van der Waals surface area contributed by atoms with Gasteiger partial charge >= 0.3 is 0 Å². The molecule has 0 spiro atoms. The Kier molecular flexibility index (Phi) is 4.28. The molecule has 0 aliphatic carbocycles. The Morgan fingerprint density at radius 1 is 1.00 bits per heavy atom. The van der Waals surface area contributed by atoms with Crippen LogP contribution < -0.4 is 4.73 Å². The Morgan fingerprint density at radius 3 is 2.44 bits per heavy atom. The average Bonchev–Trinajstić information content (AvgIpc) is 2.39. The van der Waals surface area contributed by atoms with Gasteiger partial charge in [0.15, 0.2) is 0 Å². The van der Waals surface area contributed by atoms with E-state index in [1.54, 1.807) is 12.3 Å². The summed E-state index contributed by atoms with van der Waals surface area (Å²) in [7, 11) is 0. The predicted molar refractivity (Wildman–Crippen MR) is 66.2 cm³/mol. The Labute approximate surface area is 106 Å². The van der Waals surface area contributed by atoms with Gasteiger partial charge in [-0.2, -0.15) is 5.06 Å². The molecule has 0 aliphatic heterocycles. The van der Waals surface area contributed by atoms with E-state index in [1.165, 1.54) is 5.06 Å². The van der Waals surface area contributed by atoms with Crippen molar-refractivity contribution in [3.05, 3.63) is 66.0 Å². The minimum absolute atomic E-state index is 0.472. The van der Waals surface area contributed by atoms with Crippen molar-refractivity contribution >= 4 is 0 Å². The van der Waals surface area contributed by atoms with Crippen LogP contribution in [0.1, 0.15) is 11.3 Å². The second-order valence-corrected chi connectivity index (χ2v) is 4.16. The van der Waals surface area contributed by atoms with Gasteiger partial charge in [-0.1, -0.05) is 30.3 Å². The number of rotatable bonds is 5. The third-order valence-electron chi connectivity index (χ3n) is 2.76. The van der Waals surface area contributed by atoms with E-state index in [-0.39, 0.29) is 0 Å². The monoisotopic (exact) mass is 245 g/mol. The van der Waals surface area contributed by atoms with Crippen LogP contribution in [-0.2, 0) is 13.0 Å². The fraction of sp³-hybridized carbons (Fsp3) is 0.214. The molecule has 0 bridgehead atoms. The van der Waals surface area contributed by atoms with Crippen LogP contribution in [0.15, 0.2) is 54.7 Å². The first-order chi connectivity index (χ1) is 8.75. The summed E-state index contributed by atoms with van der Waals surface area (Å²) in [6.45, 7) is 0.957. The van der Waals surface area contributed by atoms with Crippen molar-refractivity contribution in [1.82, 2.24) is 5.06 Å². The second-order valence-electron chi connectivity index (χ2n) is 4.16. The summed E-state index contributed by atoms with van der Waals surface area (Å²) in [6.07, 6.45) is 2.16. The van der Waals surface area contributed by atoms with Crippen molar-refractivity contribution in [2.45, 2.75) is 13.0 Å². The van der Waals surface area contributed by atoms with Crippen molar-refractivity contribution in [2.75, 3.05) is 6.54 Å². The molecule has 1 aromatic carbocycles. The van der Waals surface area contributed by atoms with Gasteiger partial charge in [0.1, 0.15) is 0 Å². The van der Waals surface area contributed by atoms with Crippen LogP contribution in [0.2, 0.25) is 0 Å². The summed E-state index contributed by atoms with van der Waals surface area (Å²) in [6, 6.07) is 15.2. The first-order valence-electron chi connectivity index (χ1n) is 5.92. The van der Waals surface area contributed by atoms with Crippen LogP contribution in [0.3, 0.4) is 0 Å². The number of hydroxylamine groups is 2. The zero-order valence-electron chi connectivity index (χ0n) is 10.1. The zero-order valence-corrected chi connectivity index (χ0v) is 10.1. The molecule has 1 aromatic heterocycles. The molecule has 0 amide bonds. The highest BCUT2D eigenvalue weighted by Gasteiger charge is 2.10. The quantitative estimate of drug-likeness (QED) is 0.478. The molecule has 94 valence electrons. The molecule has 0 atom stereocenters. The molecule has 1 heterocycles. The summed E-state index contributed by atoms with van der Waals surface area (Å²) in [5.41, 5.74) is 1.83. The van der Waals surface area contributed by atoms with Gasteiger partial charge in [-0.05, 0) is 11.6 Å². The van der Waals surface area contributed by atoms with Gasteiger partial charge in [-0.25, -0.2) is 0 Å². The lowest BCUT2D eigenvalue weighted by Gasteiger charge is -2.13. The molecule has 0 saturated carbocycles. The van der Waals surface area contributed by atoms with Crippen molar-refractivity contribution < 1.29 is 15.1 Å². The van der Waals surface area contributed by atoms with Crippen molar-refractivity contribution in [1.29, 1.82) is 0 Å². The van der Waals surface area contributed by atoms with Crippen LogP contribution >= 0.6 is 0 Å². The largest absolute Gasteiger partial charge is 0.314 e. The Balaban J connectivity index is 1.86. The fourth-order valence-electron chi connectivity index (χ4n) is 1.78. The van der Waals surface area contributed by atoms with Crippen LogP contribution in [-0.4, -0.2) is 22.0 Å². The van der Waals surface area contributed by atoms with Gasteiger partial charge < -0.3 is 5.21 Å². The number of aromatic nitrogens is 1. The highest BCUT2D eigenvalue weighted by atomic mass is 16.5. The SMILES string of the molecule is ON(CCc1cccc[n+]1O)Cc1ccccc1. The second kappa shape index (κ2) is 6.14. The average molecular weight is 245 g/mol. The van der Waals surface area contributed by atoms with E-state index in [0.717, 1.165) is 16.0 Å². The van der Waals surface area contributed by atoms with E-state index >= 15 is 0 Å². The third kappa shape index (κ3) is 3.55. The third-order valence-corrected chi connectivity index (χ3v) is 2.76. The van der Waals surface area contributed by atoms with Crippen molar-refractivity contribution in [2.24, 2.45) is 0 Å². The summed E-state index contributed by atoms with van der Waals surface area (Å²) in [4.78, 5) is 0. The molecule has 4 nitrogen and oxygen atoms in total. The van der Waals surface area contributed by atoms with Crippen LogP contribution in [0.5, 0.6) is 0 Å². The molecule has 2 aromatic rings. The van der Waals surface area contributed by atoms with Gasteiger partial charge in [-0.15, -0.1) is 0 Å². The summed E-state index contributed by atoms with van der Waals surface area (Å²) in [5, 5.41) is 20.6. The summed E-state index contributed by atoms with van der Waals surface area (Å²) < 4.78 is 1.08. The first kappa shape index (κ1) is 12.5. The summed E-state index contributed by atoms with van der Waals surface area (Å²) in [5.74, 6) is 0. The maximum Gasteiger partial charge on any atom is 0.235 e. The lowest BCUT2D eigenvalue weighted by molar-refractivity contribution is -0.909. The highest BCUT2D eigenvalue weighted by Crippen LogP contribution is 2.03. The minimum atomic E-state index is 0.472. The Morgan fingerprint density at radius 2 is 1.72 bits per heavy atom. The van der Waals surface area contributed by atoms with Crippen molar-refractivity contribution in [3.8, 4) is 0 Å². The lowest BCUT2D eigenvalue weighted by Crippen LogP contribution is -2.36. The van der Waals surface area contributed by atoms with Crippen LogP contribution in [0, 0.1) is 0 Å². The van der Waals surface area contributed by atoms with E-state index in [1.807, 2.05) is 42.5 Å².